The molecule has 62 valence electrons. The zero-order valence-electron chi connectivity index (χ0n) is 6.30. The molecule has 2 saturated heterocycles. The van der Waals surface area contributed by atoms with Crippen molar-refractivity contribution in [3.05, 3.63) is 0 Å². The Morgan fingerprint density at radius 1 is 1.55 bits per heavy atom. The van der Waals surface area contributed by atoms with E-state index in [0.29, 0.717) is 18.6 Å². The smallest absolute Gasteiger partial charge is 0.407 e. The minimum absolute atomic E-state index is 0.256. The number of carbonyl (C=O) groups is 1. The van der Waals surface area contributed by atoms with Crippen molar-refractivity contribution in [3.8, 4) is 0 Å². The lowest BCUT2D eigenvalue weighted by atomic mass is 9.93. The van der Waals surface area contributed by atoms with E-state index >= 15 is 0 Å². The maximum atomic E-state index is 10.8. The van der Waals surface area contributed by atoms with Crippen molar-refractivity contribution in [1.29, 1.82) is 0 Å². The van der Waals surface area contributed by atoms with Gasteiger partial charge in [-0.25, -0.2) is 4.79 Å². The van der Waals surface area contributed by atoms with E-state index in [0.717, 1.165) is 19.5 Å². The van der Waals surface area contributed by atoms with Crippen LogP contribution in [0.1, 0.15) is 6.42 Å². The molecule has 0 aromatic rings. The van der Waals surface area contributed by atoms with Gasteiger partial charge in [0.2, 0.25) is 0 Å². The van der Waals surface area contributed by atoms with E-state index < -0.39 is 0 Å². The predicted octanol–water partition coefficient (Wildman–Crippen LogP) is -0.296. The summed E-state index contributed by atoms with van der Waals surface area (Å²) >= 11 is 0. The van der Waals surface area contributed by atoms with Gasteiger partial charge in [0.15, 0.2) is 0 Å². The summed E-state index contributed by atoms with van der Waals surface area (Å²) in [5.74, 6) is 0.474. The molecule has 2 aliphatic heterocycles. The van der Waals surface area contributed by atoms with Crippen molar-refractivity contribution < 1.29 is 9.53 Å². The lowest BCUT2D eigenvalue weighted by Gasteiger charge is -2.35. The highest BCUT2D eigenvalue weighted by Gasteiger charge is 2.31. The van der Waals surface area contributed by atoms with Gasteiger partial charge in [0.1, 0.15) is 0 Å². The van der Waals surface area contributed by atoms with Gasteiger partial charge >= 0.3 is 6.09 Å². The second-order valence-electron chi connectivity index (χ2n) is 3.10. The Hall–Kier alpha value is -0.770. The van der Waals surface area contributed by atoms with Crippen LogP contribution in [-0.2, 0) is 4.74 Å². The van der Waals surface area contributed by atoms with Gasteiger partial charge in [-0.05, 0) is 13.0 Å². The summed E-state index contributed by atoms with van der Waals surface area (Å²) in [5, 5.41) is 6.08. The topological polar surface area (TPSA) is 50.4 Å². The maximum absolute atomic E-state index is 10.8. The highest BCUT2D eigenvalue weighted by Crippen LogP contribution is 2.15. The third-order valence-electron chi connectivity index (χ3n) is 2.34. The molecule has 0 spiro atoms. The van der Waals surface area contributed by atoms with Gasteiger partial charge in [0.05, 0.1) is 6.61 Å². The summed E-state index contributed by atoms with van der Waals surface area (Å²) in [4.78, 5) is 10.8. The van der Waals surface area contributed by atoms with Crippen molar-refractivity contribution >= 4 is 6.09 Å². The second-order valence-corrected chi connectivity index (χ2v) is 3.10. The van der Waals surface area contributed by atoms with Crippen molar-refractivity contribution in [2.24, 2.45) is 5.92 Å². The van der Waals surface area contributed by atoms with E-state index in [1.165, 1.54) is 0 Å². The van der Waals surface area contributed by atoms with Crippen LogP contribution in [-0.4, -0.2) is 31.8 Å². The number of alkyl carbamates (subject to hydrolysis) is 1. The molecule has 1 amide bonds. The molecule has 2 aliphatic rings. The first kappa shape index (κ1) is 6.91. The van der Waals surface area contributed by atoms with E-state index in [4.69, 9.17) is 4.74 Å². The summed E-state index contributed by atoms with van der Waals surface area (Å²) in [6.45, 7) is 2.54. The Morgan fingerprint density at radius 3 is 3.36 bits per heavy atom. The third-order valence-corrected chi connectivity index (χ3v) is 2.34. The molecule has 4 nitrogen and oxygen atoms in total. The Kier molecular flexibility index (Phi) is 1.69. The van der Waals surface area contributed by atoms with Crippen LogP contribution in [0.2, 0.25) is 0 Å². The fourth-order valence-corrected chi connectivity index (χ4v) is 1.66. The SMILES string of the molecule is O=C1N[C@H]2CCNC[C@@H]2CO1. The maximum Gasteiger partial charge on any atom is 0.407 e. The number of fused-ring (bicyclic) bond motifs is 1. The molecule has 2 rings (SSSR count). The first-order valence-corrected chi connectivity index (χ1v) is 4.00. The lowest BCUT2D eigenvalue weighted by molar-refractivity contribution is 0.0703. The Morgan fingerprint density at radius 2 is 2.45 bits per heavy atom. The number of cyclic esters (lactones) is 1. The minimum Gasteiger partial charge on any atom is -0.449 e. The van der Waals surface area contributed by atoms with E-state index in [9.17, 15) is 4.79 Å². The average Bonchev–Trinajstić information content (AvgIpc) is 2.04. The molecule has 0 aliphatic carbocycles. The summed E-state index contributed by atoms with van der Waals surface area (Å²) in [7, 11) is 0. The molecule has 11 heavy (non-hydrogen) atoms. The molecule has 4 heteroatoms. The molecule has 0 aromatic carbocycles. The van der Waals surface area contributed by atoms with E-state index in [1.807, 2.05) is 0 Å². The van der Waals surface area contributed by atoms with Gasteiger partial charge in [0.25, 0.3) is 0 Å². The first-order valence-electron chi connectivity index (χ1n) is 4.00. The molecule has 2 atom stereocenters. The fourth-order valence-electron chi connectivity index (χ4n) is 1.66. The monoisotopic (exact) mass is 156 g/mol. The van der Waals surface area contributed by atoms with Crippen LogP contribution in [0.4, 0.5) is 4.79 Å². The molecule has 0 radical (unpaired) electrons. The number of carbonyl (C=O) groups excluding carboxylic acids is 1. The number of rotatable bonds is 0. The molecule has 0 unspecified atom stereocenters. The third kappa shape index (κ3) is 1.30. The highest BCUT2D eigenvalue weighted by atomic mass is 16.6. The molecule has 0 saturated carbocycles. The van der Waals surface area contributed by atoms with Gasteiger partial charge in [0, 0.05) is 18.5 Å². The Balaban J connectivity index is 1.98. The molecule has 2 heterocycles. The predicted molar refractivity (Wildman–Crippen MR) is 39.2 cm³/mol. The largest absolute Gasteiger partial charge is 0.449 e. The van der Waals surface area contributed by atoms with Crippen LogP contribution in [0.25, 0.3) is 0 Å². The zero-order chi connectivity index (χ0) is 7.68. The van der Waals surface area contributed by atoms with E-state index in [-0.39, 0.29) is 6.09 Å². The summed E-state index contributed by atoms with van der Waals surface area (Å²) in [6.07, 6.45) is 0.771. The van der Waals surface area contributed by atoms with Crippen LogP contribution < -0.4 is 10.6 Å². The van der Waals surface area contributed by atoms with Gasteiger partial charge in [-0.15, -0.1) is 0 Å². The van der Waals surface area contributed by atoms with Crippen molar-refractivity contribution in [2.75, 3.05) is 19.7 Å². The first-order chi connectivity index (χ1) is 5.36. The molecule has 2 N–H and O–H groups in total. The van der Waals surface area contributed by atoms with Gasteiger partial charge in [-0.3, -0.25) is 0 Å². The summed E-state index contributed by atoms with van der Waals surface area (Å²) < 4.78 is 4.86. The normalized spacial score (nSPS) is 36.9. The zero-order valence-corrected chi connectivity index (χ0v) is 6.30. The number of nitrogens with one attached hydrogen (secondary N) is 2. The van der Waals surface area contributed by atoms with Crippen molar-refractivity contribution in [1.82, 2.24) is 10.6 Å². The highest BCUT2D eigenvalue weighted by molar-refractivity contribution is 5.68. The second kappa shape index (κ2) is 2.70. The molecular formula is C7H12N2O2. The van der Waals surface area contributed by atoms with Crippen LogP contribution in [0.15, 0.2) is 0 Å². The van der Waals surface area contributed by atoms with Crippen molar-refractivity contribution in [2.45, 2.75) is 12.5 Å². The van der Waals surface area contributed by atoms with Crippen LogP contribution in [0.5, 0.6) is 0 Å². The van der Waals surface area contributed by atoms with Crippen LogP contribution in [0, 0.1) is 5.92 Å². The quantitative estimate of drug-likeness (QED) is 0.506. The lowest BCUT2D eigenvalue weighted by Crippen LogP contribution is -2.55. The van der Waals surface area contributed by atoms with Gasteiger partial charge < -0.3 is 15.4 Å². The Bertz CT molecular complexity index is 172. The summed E-state index contributed by atoms with van der Waals surface area (Å²) in [6, 6.07) is 0.345. The summed E-state index contributed by atoms with van der Waals surface area (Å²) in [5.41, 5.74) is 0. The van der Waals surface area contributed by atoms with Crippen LogP contribution >= 0.6 is 0 Å². The van der Waals surface area contributed by atoms with Crippen molar-refractivity contribution in [3.63, 3.8) is 0 Å². The number of hydrogen-bond donors (Lipinski definition) is 2. The molecule has 0 bridgehead atoms. The number of ether oxygens (including phenoxy) is 1. The van der Waals surface area contributed by atoms with Crippen LogP contribution in [0.3, 0.4) is 0 Å². The Labute approximate surface area is 65.3 Å². The number of amides is 1. The molecular weight excluding hydrogens is 144 g/mol. The molecule has 0 aromatic heterocycles. The fraction of sp³-hybridized carbons (Fsp3) is 0.857. The number of hydrogen-bond acceptors (Lipinski definition) is 3. The van der Waals surface area contributed by atoms with Gasteiger partial charge in [-0.1, -0.05) is 0 Å². The average molecular weight is 156 g/mol. The van der Waals surface area contributed by atoms with E-state index in [2.05, 4.69) is 10.6 Å². The van der Waals surface area contributed by atoms with Gasteiger partial charge in [-0.2, -0.15) is 0 Å². The van der Waals surface area contributed by atoms with E-state index in [1.54, 1.807) is 0 Å². The minimum atomic E-state index is -0.256. The molecule has 2 fully saturated rings. The standard InChI is InChI=1S/C7H12N2O2/c10-7-9-6-1-2-8-3-5(6)4-11-7/h5-6,8H,1-4H2,(H,9,10)/t5-,6+/m1/s1. The number of piperidine rings is 1.